The molecule has 0 fully saturated rings. The standard InChI is InChI=1S/C15H14F2N2OS/c1-10(13-4-2-3-9-18-13)19-14(20)11-5-7-12(8-6-11)21-15(16)17/h2-10,15H,1H3,(H,19,20). The second kappa shape index (κ2) is 7.17. The Morgan fingerprint density at radius 2 is 1.90 bits per heavy atom. The van der Waals surface area contributed by atoms with Crippen LogP contribution in [-0.2, 0) is 0 Å². The summed E-state index contributed by atoms with van der Waals surface area (Å²) in [5, 5.41) is 2.82. The molecule has 3 nitrogen and oxygen atoms in total. The van der Waals surface area contributed by atoms with E-state index < -0.39 is 5.76 Å². The number of nitrogens with one attached hydrogen (secondary N) is 1. The molecule has 21 heavy (non-hydrogen) atoms. The van der Waals surface area contributed by atoms with E-state index in [0.717, 1.165) is 5.69 Å². The molecular weight excluding hydrogens is 294 g/mol. The van der Waals surface area contributed by atoms with Crippen molar-refractivity contribution in [3.63, 3.8) is 0 Å². The number of rotatable bonds is 5. The van der Waals surface area contributed by atoms with Gasteiger partial charge in [0.05, 0.1) is 11.7 Å². The third kappa shape index (κ3) is 4.53. The van der Waals surface area contributed by atoms with Crippen LogP contribution >= 0.6 is 11.8 Å². The van der Waals surface area contributed by atoms with Crippen molar-refractivity contribution < 1.29 is 13.6 Å². The molecule has 2 rings (SSSR count). The van der Waals surface area contributed by atoms with Gasteiger partial charge in [-0.2, -0.15) is 8.78 Å². The average molecular weight is 308 g/mol. The number of benzene rings is 1. The highest BCUT2D eigenvalue weighted by Gasteiger charge is 2.12. The maximum Gasteiger partial charge on any atom is 0.288 e. The summed E-state index contributed by atoms with van der Waals surface area (Å²) in [7, 11) is 0. The number of hydrogen-bond acceptors (Lipinski definition) is 3. The number of aromatic nitrogens is 1. The number of carbonyl (C=O) groups is 1. The lowest BCUT2D eigenvalue weighted by Gasteiger charge is -2.13. The minimum absolute atomic E-state index is 0.228. The van der Waals surface area contributed by atoms with Gasteiger partial charge in [-0.25, -0.2) is 0 Å². The van der Waals surface area contributed by atoms with Crippen molar-refractivity contribution in [2.45, 2.75) is 23.6 Å². The molecule has 110 valence electrons. The summed E-state index contributed by atoms with van der Waals surface area (Å²) < 4.78 is 24.4. The Morgan fingerprint density at radius 3 is 2.48 bits per heavy atom. The van der Waals surface area contributed by atoms with Crippen LogP contribution in [0.4, 0.5) is 8.78 Å². The molecule has 0 saturated heterocycles. The number of thioether (sulfide) groups is 1. The van der Waals surface area contributed by atoms with E-state index in [2.05, 4.69) is 10.3 Å². The van der Waals surface area contributed by atoms with Crippen LogP contribution in [0.5, 0.6) is 0 Å². The number of pyridine rings is 1. The molecule has 0 radical (unpaired) electrons. The Hall–Kier alpha value is -1.95. The summed E-state index contributed by atoms with van der Waals surface area (Å²) >= 11 is 0.455. The van der Waals surface area contributed by atoms with Crippen molar-refractivity contribution in [3.8, 4) is 0 Å². The number of amides is 1. The predicted octanol–water partition coefficient (Wildman–Crippen LogP) is 3.89. The highest BCUT2D eigenvalue weighted by Crippen LogP contribution is 2.25. The molecule has 2 aromatic rings. The largest absolute Gasteiger partial charge is 0.344 e. The van der Waals surface area contributed by atoms with Gasteiger partial charge in [0, 0.05) is 16.7 Å². The van der Waals surface area contributed by atoms with Crippen LogP contribution in [0, 0.1) is 0 Å². The third-order valence-electron chi connectivity index (χ3n) is 2.82. The average Bonchev–Trinajstić information content (AvgIpc) is 2.48. The molecule has 1 atom stereocenters. The van der Waals surface area contributed by atoms with Gasteiger partial charge in [0.25, 0.3) is 11.7 Å². The fourth-order valence-electron chi connectivity index (χ4n) is 1.77. The fraction of sp³-hybridized carbons (Fsp3) is 0.200. The SMILES string of the molecule is CC(NC(=O)c1ccc(SC(F)F)cc1)c1ccccn1. The molecule has 0 aliphatic carbocycles. The normalized spacial score (nSPS) is 12.2. The molecule has 0 bridgehead atoms. The number of carbonyl (C=O) groups excluding carboxylic acids is 1. The van der Waals surface area contributed by atoms with Crippen LogP contribution in [-0.4, -0.2) is 16.6 Å². The van der Waals surface area contributed by atoms with Crippen LogP contribution in [0.25, 0.3) is 0 Å². The first-order valence-corrected chi connectivity index (χ1v) is 7.21. The van der Waals surface area contributed by atoms with E-state index in [1.165, 1.54) is 24.3 Å². The van der Waals surface area contributed by atoms with Crippen molar-refractivity contribution >= 4 is 17.7 Å². The zero-order valence-corrected chi connectivity index (χ0v) is 12.1. The first kappa shape index (κ1) is 15.4. The monoisotopic (exact) mass is 308 g/mol. The number of hydrogen-bond donors (Lipinski definition) is 1. The Kier molecular flexibility index (Phi) is 5.27. The Labute approximate surface area is 125 Å². The highest BCUT2D eigenvalue weighted by molar-refractivity contribution is 7.99. The third-order valence-corrected chi connectivity index (χ3v) is 3.54. The van der Waals surface area contributed by atoms with Crippen LogP contribution in [0.15, 0.2) is 53.6 Å². The van der Waals surface area contributed by atoms with Gasteiger partial charge in [0.15, 0.2) is 0 Å². The van der Waals surface area contributed by atoms with Gasteiger partial charge in [0.1, 0.15) is 0 Å². The maximum atomic E-state index is 12.2. The molecule has 1 aromatic carbocycles. The molecule has 1 aromatic heterocycles. The quantitative estimate of drug-likeness (QED) is 0.852. The van der Waals surface area contributed by atoms with Crippen molar-refractivity contribution in [2.24, 2.45) is 0 Å². The molecule has 1 unspecified atom stereocenters. The van der Waals surface area contributed by atoms with Crippen LogP contribution < -0.4 is 5.32 Å². The van der Waals surface area contributed by atoms with Gasteiger partial charge in [-0.15, -0.1) is 0 Å². The van der Waals surface area contributed by atoms with E-state index in [9.17, 15) is 13.6 Å². The van der Waals surface area contributed by atoms with Gasteiger partial charge in [-0.1, -0.05) is 17.8 Å². The molecule has 0 saturated carbocycles. The fourth-order valence-corrected chi connectivity index (χ4v) is 2.27. The van der Waals surface area contributed by atoms with Crippen molar-refractivity contribution in [3.05, 3.63) is 59.9 Å². The smallest absolute Gasteiger partial charge is 0.288 e. The van der Waals surface area contributed by atoms with E-state index in [0.29, 0.717) is 22.2 Å². The van der Waals surface area contributed by atoms with E-state index in [-0.39, 0.29) is 11.9 Å². The Balaban J connectivity index is 2.00. The molecule has 6 heteroatoms. The summed E-state index contributed by atoms with van der Waals surface area (Å²) in [5.41, 5.74) is 1.19. The summed E-state index contributed by atoms with van der Waals surface area (Å²) in [6, 6.07) is 11.3. The zero-order valence-electron chi connectivity index (χ0n) is 11.3. The Morgan fingerprint density at radius 1 is 1.19 bits per heavy atom. The summed E-state index contributed by atoms with van der Waals surface area (Å²) in [6.45, 7) is 1.83. The second-order valence-corrected chi connectivity index (χ2v) is 5.42. The first-order valence-electron chi connectivity index (χ1n) is 6.33. The first-order chi connectivity index (χ1) is 10.1. The zero-order chi connectivity index (χ0) is 15.2. The van der Waals surface area contributed by atoms with E-state index in [1.54, 1.807) is 12.3 Å². The van der Waals surface area contributed by atoms with Crippen molar-refractivity contribution in [2.75, 3.05) is 0 Å². The van der Waals surface area contributed by atoms with E-state index in [4.69, 9.17) is 0 Å². The van der Waals surface area contributed by atoms with Crippen molar-refractivity contribution in [1.82, 2.24) is 10.3 Å². The number of nitrogens with zero attached hydrogens (tertiary/aromatic N) is 1. The van der Waals surface area contributed by atoms with E-state index in [1.807, 2.05) is 19.1 Å². The lowest BCUT2D eigenvalue weighted by atomic mass is 10.1. The molecule has 0 aliphatic heterocycles. The van der Waals surface area contributed by atoms with Gasteiger partial charge < -0.3 is 5.32 Å². The summed E-state index contributed by atoms with van der Waals surface area (Å²) in [6.07, 6.45) is 1.66. The lowest BCUT2D eigenvalue weighted by molar-refractivity contribution is 0.0939. The van der Waals surface area contributed by atoms with Gasteiger partial charge >= 0.3 is 0 Å². The second-order valence-electron chi connectivity index (χ2n) is 4.35. The molecule has 1 amide bonds. The molecule has 1 heterocycles. The minimum atomic E-state index is -2.46. The minimum Gasteiger partial charge on any atom is -0.344 e. The molecular formula is C15H14F2N2OS. The van der Waals surface area contributed by atoms with Crippen molar-refractivity contribution in [1.29, 1.82) is 0 Å². The molecule has 0 aliphatic rings. The predicted molar refractivity (Wildman–Crippen MR) is 78.4 cm³/mol. The Bertz CT molecular complexity index is 590. The summed E-state index contributed by atoms with van der Waals surface area (Å²) in [5.74, 6) is -2.73. The highest BCUT2D eigenvalue weighted by atomic mass is 32.2. The van der Waals surface area contributed by atoms with Crippen LogP contribution in [0.2, 0.25) is 0 Å². The number of halogens is 2. The van der Waals surface area contributed by atoms with Gasteiger partial charge in [0.2, 0.25) is 0 Å². The maximum absolute atomic E-state index is 12.2. The molecule has 1 N–H and O–H groups in total. The number of alkyl halides is 2. The van der Waals surface area contributed by atoms with Crippen LogP contribution in [0.3, 0.4) is 0 Å². The van der Waals surface area contributed by atoms with Gasteiger partial charge in [-0.3, -0.25) is 9.78 Å². The van der Waals surface area contributed by atoms with E-state index >= 15 is 0 Å². The summed E-state index contributed by atoms with van der Waals surface area (Å²) in [4.78, 5) is 16.7. The van der Waals surface area contributed by atoms with Crippen LogP contribution in [0.1, 0.15) is 29.0 Å². The lowest BCUT2D eigenvalue weighted by Crippen LogP contribution is -2.27. The molecule has 0 spiro atoms. The topological polar surface area (TPSA) is 42.0 Å². The van der Waals surface area contributed by atoms with Gasteiger partial charge in [-0.05, 0) is 43.3 Å².